The van der Waals surface area contributed by atoms with Crippen LogP contribution >= 0.6 is 0 Å². The number of rotatable bonds is 0. The first-order chi connectivity index (χ1) is 2.41. The Bertz CT molecular complexity index is 76.7. The van der Waals surface area contributed by atoms with Crippen LogP contribution in [0.15, 0.2) is 0 Å². The molecule has 0 saturated carbocycles. The second-order valence-electron chi connectivity index (χ2n) is 0.285. The van der Waals surface area contributed by atoms with Crippen molar-refractivity contribution < 1.29 is 21.8 Å². The summed E-state index contributed by atoms with van der Waals surface area (Å²) in [6.45, 7) is 0. The summed E-state index contributed by atoms with van der Waals surface area (Å²) in [6.07, 6.45) is 2.31. The Hall–Kier alpha value is -0.701. The first-order valence-corrected chi connectivity index (χ1v) is 0.855. The summed E-state index contributed by atoms with van der Waals surface area (Å²) in [4.78, 5) is 0. The molecule has 0 fully saturated rings. The van der Waals surface area contributed by atoms with E-state index in [1.54, 1.807) is 0 Å². The van der Waals surface area contributed by atoms with Crippen molar-refractivity contribution in [1.82, 2.24) is 0 Å². The predicted molar refractivity (Wildman–Crippen MR) is 12.3 cm³/mol. The normalized spacial score (nSPS) is 3.00. The molecule has 0 heterocycles. The minimum absolute atomic E-state index is 0. The van der Waals surface area contributed by atoms with Gasteiger partial charge in [-0.15, -0.1) is 10.5 Å². The molecule has 0 unspecified atom stereocenters. The van der Waals surface area contributed by atoms with E-state index >= 15 is 0 Å². The van der Waals surface area contributed by atoms with Gasteiger partial charge < -0.3 is 4.74 Å². The minimum Gasteiger partial charge on any atom is -0.308 e. The molecule has 0 aromatic carbocycles. The molecule has 1 radical (unpaired) electrons. The molecule has 0 rings (SSSR count). The van der Waals surface area contributed by atoms with Crippen molar-refractivity contribution in [3.05, 3.63) is 0 Å². The number of ether oxygens (including phenoxy) is 1. The zero-order valence-corrected chi connectivity index (χ0v) is 3.55. The summed E-state index contributed by atoms with van der Waals surface area (Å²) in [5.74, 6) is 0. The van der Waals surface area contributed by atoms with Crippen LogP contribution in [0.5, 0.6) is 0 Å². The summed E-state index contributed by atoms with van der Waals surface area (Å²) in [7, 11) is 0. The fourth-order valence-corrected chi connectivity index (χ4v) is 0.0204. The standard InChI is InChI=1S/C2N2O.Cu/c3-1-5-2-4;. The van der Waals surface area contributed by atoms with Gasteiger partial charge in [0.05, 0.1) is 0 Å². The molecule has 4 heteroatoms. The van der Waals surface area contributed by atoms with Crippen LogP contribution in [-0.4, -0.2) is 0 Å². The summed E-state index contributed by atoms with van der Waals surface area (Å²) in [5.41, 5.74) is 0. The zero-order chi connectivity index (χ0) is 4.12. The van der Waals surface area contributed by atoms with E-state index in [2.05, 4.69) is 4.74 Å². The molecule has 35 valence electrons. The molecule has 0 aliphatic rings. The van der Waals surface area contributed by atoms with E-state index in [4.69, 9.17) is 10.5 Å². The van der Waals surface area contributed by atoms with Gasteiger partial charge in [0.2, 0.25) is 0 Å². The number of nitriles is 2. The smallest absolute Gasteiger partial charge is 0.303 e. The van der Waals surface area contributed by atoms with Crippen molar-refractivity contribution in [1.29, 1.82) is 10.5 Å². The molecule has 0 spiro atoms. The Kier molecular flexibility index (Phi) is 13.3. The van der Waals surface area contributed by atoms with Crippen molar-refractivity contribution in [2.75, 3.05) is 0 Å². The zero-order valence-electron chi connectivity index (χ0n) is 2.60. The Balaban J connectivity index is 0. The number of nitrogens with zero attached hydrogens (tertiary/aromatic N) is 2. The molecule has 0 bridgehead atoms. The van der Waals surface area contributed by atoms with Gasteiger partial charge >= 0.3 is 12.5 Å². The average Bonchev–Trinajstić information content (AvgIpc) is 1.41. The quantitative estimate of drug-likeness (QED) is 0.343. The number of hydrogen-bond acceptors (Lipinski definition) is 3. The van der Waals surface area contributed by atoms with Gasteiger partial charge in [0, 0.05) is 17.1 Å². The van der Waals surface area contributed by atoms with Crippen LogP contribution in [0, 0.1) is 23.0 Å². The molecular formula is C2CuN2O. The van der Waals surface area contributed by atoms with Gasteiger partial charge in [-0.3, -0.25) is 0 Å². The largest absolute Gasteiger partial charge is 0.308 e. The summed E-state index contributed by atoms with van der Waals surface area (Å²) in [5, 5.41) is 14.7. The second kappa shape index (κ2) is 8.85. The van der Waals surface area contributed by atoms with E-state index in [0.717, 1.165) is 12.5 Å². The Morgan fingerprint density at radius 1 is 1.17 bits per heavy atom. The first kappa shape index (κ1) is 9.00. The van der Waals surface area contributed by atoms with Gasteiger partial charge in [-0.05, 0) is 0 Å². The molecule has 3 nitrogen and oxygen atoms in total. The SMILES string of the molecule is N#COC#N.[Cu]. The van der Waals surface area contributed by atoms with Gasteiger partial charge in [-0.1, -0.05) is 0 Å². The molecule has 0 amide bonds. The fourth-order valence-electron chi connectivity index (χ4n) is 0.0204. The molecule has 0 aliphatic heterocycles. The Morgan fingerprint density at radius 3 is 1.50 bits per heavy atom. The van der Waals surface area contributed by atoms with E-state index < -0.39 is 0 Å². The minimum atomic E-state index is 0. The van der Waals surface area contributed by atoms with E-state index in [0.29, 0.717) is 0 Å². The van der Waals surface area contributed by atoms with Crippen molar-refractivity contribution in [3.8, 4) is 12.5 Å². The van der Waals surface area contributed by atoms with Crippen molar-refractivity contribution in [3.63, 3.8) is 0 Å². The van der Waals surface area contributed by atoms with Crippen LogP contribution in [0.1, 0.15) is 0 Å². The third kappa shape index (κ3) is 10.3. The maximum atomic E-state index is 7.37. The topological polar surface area (TPSA) is 56.8 Å². The summed E-state index contributed by atoms with van der Waals surface area (Å²) < 4.78 is 3.44. The first-order valence-electron chi connectivity index (χ1n) is 0.855. The molecule has 0 atom stereocenters. The summed E-state index contributed by atoms with van der Waals surface area (Å²) in [6, 6.07) is 0. The third-order valence-electron chi connectivity index (χ3n) is 0.0913. The Morgan fingerprint density at radius 2 is 1.50 bits per heavy atom. The van der Waals surface area contributed by atoms with Crippen molar-refractivity contribution >= 4 is 0 Å². The van der Waals surface area contributed by atoms with Gasteiger partial charge in [0.1, 0.15) is 0 Å². The molecule has 0 aromatic heterocycles. The average molecular weight is 132 g/mol. The van der Waals surface area contributed by atoms with Gasteiger partial charge in [0.15, 0.2) is 0 Å². The van der Waals surface area contributed by atoms with Gasteiger partial charge in [0.25, 0.3) is 0 Å². The van der Waals surface area contributed by atoms with Gasteiger partial charge in [-0.2, -0.15) is 0 Å². The van der Waals surface area contributed by atoms with E-state index in [-0.39, 0.29) is 17.1 Å². The van der Waals surface area contributed by atoms with Crippen LogP contribution < -0.4 is 0 Å². The molecule has 6 heavy (non-hydrogen) atoms. The molecule has 0 aliphatic carbocycles. The molecule has 0 aromatic rings. The van der Waals surface area contributed by atoms with E-state index in [1.165, 1.54) is 0 Å². The van der Waals surface area contributed by atoms with E-state index in [9.17, 15) is 0 Å². The van der Waals surface area contributed by atoms with Gasteiger partial charge in [-0.25, -0.2) is 0 Å². The third-order valence-corrected chi connectivity index (χ3v) is 0.0913. The predicted octanol–water partition coefficient (Wildman–Crippen LogP) is -0.0373. The van der Waals surface area contributed by atoms with Crippen LogP contribution in [0.2, 0.25) is 0 Å². The molecule has 0 N–H and O–H groups in total. The number of hydrogen-bond donors (Lipinski definition) is 0. The van der Waals surface area contributed by atoms with Crippen LogP contribution in [0.4, 0.5) is 0 Å². The fraction of sp³-hybridized carbons (Fsp3) is 0. The molecule has 0 saturated heterocycles. The van der Waals surface area contributed by atoms with E-state index in [1.807, 2.05) is 0 Å². The molecular weight excluding hydrogens is 132 g/mol. The second-order valence-corrected chi connectivity index (χ2v) is 0.285. The monoisotopic (exact) mass is 131 g/mol. The van der Waals surface area contributed by atoms with Crippen LogP contribution in [-0.2, 0) is 21.8 Å². The van der Waals surface area contributed by atoms with Crippen molar-refractivity contribution in [2.45, 2.75) is 0 Å². The summed E-state index contributed by atoms with van der Waals surface area (Å²) >= 11 is 0. The van der Waals surface area contributed by atoms with Crippen molar-refractivity contribution in [2.24, 2.45) is 0 Å². The van der Waals surface area contributed by atoms with Crippen LogP contribution in [0.25, 0.3) is 0 Å². The van der Waals surface area contributed by atoms with Crippen LogP contribution in [0.3, 0.4) is 0 Å². The maximum absolute atomic E-state index is 7.37. The maximum Gasteiger partial charge on any atom is 0.303 e. The Labute approximate surface area is 45.6 Å².